The van der Waals surface area contributed by atoms with Gasteiger partial charge >= 0.3 is 0 Å². The van der Waals surface area contributed by atoms with Crippen LogP contribution in [0.25, 0.3) is 10.9 Å². The van der Waals surface area contributed by atoms with Gasteiger partial charge in [-0.05, 0) is 18.6 Å². The number of H-pyrrole nitrogens is 1. The van der Waals surface area contributed by atoms with Crippen LogP contribution < -0.4 is 0 Å². The van der Waals surface area contributed by atoms with Crippen LogP contribution in [0, 0.1) is 23.7 Å². The fraction of sp³-hybridized carbons (Fsp3) is 0.542. The first-order chi connectivity index (χ1) is 17.2. The van der Waals surface area contributed by atoms with Crippen molar-refractivity contribution in [3.8, 4) is 23.7 Å². The monoisotopic (exact) mass is 504 g/mol. The summed E-state index contributed by atoms with van der Waals surface area (Å²) in [6.07, 6.45) is -11.6. The number of aliphatic hydroxyl groups excluding tert-OH is 8. The maximum atomic E-state index is 10.3. The van der Waals surface area contributed by atoms with Gasteiger partial charge in [-0.1, -0.05) is 23.7 Å². The normalized spacial score (nSPS) is 36.6. The van der Waals surface area contributed by atoms with Crippen LogP contribution in [0.1, 0.15) is 17.5 Å². The van der Waals surface area contributed by atoms with Crippen molar-refractivity contribution in [1.82, 2.24) is 10.2 Å². The molecule has 36 heavy (non-hydrogen) atoms. The third kappa shape index (κ3) is 5.25. The number of hydrogen-bond donors (Lipinski definition) is 9. The molecular weight excluding hydrogens is 476 g/mol. The van der Waals surface area contributed by atoms with E-state index in [-0.39, 0.29) is 13.0 Å². The Bertz CT molecular complexity index is 1180. The summed E-state index contributed by atoms with van der Waals surface area (Å²) in [7, 11) is 0. The van der Waals surface area contributed by atoms with Crippen molar-refractivity contribution < 1.29 is 50.3 Å². The summed E-state index contributed by atoms with van der Waals surface area (Å²) in [5, 5.41) is 86.5. The Labute approximate surface area is 205 Å². The number of ether oxygens (including phenoxy) is 2. The minimum Gasteiger partial charge on any atom is -0.396 e. The van der Waals surface area contributed by atoms with E-state index >= 15 is 0 Å². The fourth-order valence-corrected chi connectivity index (χ4v) is 4.19. The van der Waals surface area contributed by atoms with Gasteiger partial charge in [0, 0.05) is 17.6 Å². The van der Waals surface area contributed by atoms with Crippen LogP contribution >= 0.6 is 0 Å². The molecule has 12 heteroatoms. The van der Waals surface area contributed by atoms with E-state index in [9.17, 15) is 35.7 Å². The highest BCUT2D eigenvalue weighted by Gasteiger charge is 2.43. The van der Waals surface area contributed by atoms with Crippen molar-refractivity contribution >= 4 is 10.9 Å². The van der Waals surface area contributed by atoms with Crippen molar-refractivity contribution in [3.05, 3.63) is 29.5 Å². The van der Waals surface area contributed by atoms with E-state index in [4.69, 9.17) is 14.6 Å². The van der Waals surface area contributed by atoms with Crippen molar-refractivity contribution in [2.75, 3.05) is 13.2 Å². The highest BCUT2D eigenvalue weighted by molar-refractivity contribution is 5.85. The molecule has 0 amide bonds. The number of aliphatic hydroxyl groups is 8. The third-order valence-corrected chi connectivity index (χ3v) is 6.27. The molecule has 2 saturated heterocycles. The Balaban J connectivity index is 1.61. The molecule has 0 radical (unpaired) electrons. The molecule has 0 spiro atoms. The highest BCUT2D eigenvalue weighted by atomic mass is 16.5. The number of rotatable bonds is 3. The van der Waals surface area contributed by atoms with Gasteiger partial charge in [-0.2, -0.15) is 5.10 Å². The molecule has 1 aromatic heterocycles. The quantitative estimate of drug-likeness (QED) is 0.186. The van der Waals surface area contributed by atoms with Gasteiger partial charge in [-0.3, -0.25) is 5.10 Å². The first-order valence-electron chi connectivity index (χ1n) is 11.4. The lowest BCUT2D eigenvalue weighted by Gasteiger charge is -2.38. The van der Waals surface area contributed by atoms with E-state index in [1.165, 1.54) is 0 Å². The first kappa shape index (κ1) is 26.5. The van der Waals surface area contributed by atoms with Gasteiger partial charge in [-0.25, -0.2) is 0 Å². The summed E-state index contributed by atoms with van der Waals surface area (Å²) in [5.74, 6) is 11.1. The lowest BCUT2D eigenvalue weighted by atomic mass is 9.93. The summed E-state index contributed by atoms with van der Waals surface area (Å²) in [5.41, 5.74) is 1.44. The minimum absolute atomic E-state index is 0.0573. The molecule has 194 valence electrons. The molecule has 10 atom stereocenters. The molecule has 0 saturated carbocycles. The van der Waals surface area contributed by atoms with Gasteiger partial charge in [-0.15, -0.1) is 0 Å². The number of hydrogen-bond acceptors (Lipinski definition) is 11. The van der Waals surface area contributed by atoms with Gasteiger partial charge in [0.25, 0.3) is 0 Å². The van der Waals surface area contributed by atoms with E-state index in [0.717, 1.165) is 0 Å². The molecule has 0 aliphatic carbocycles. The van der Waals surface area contributed by atoms with Crippen LogP contribution in [0.15, 0.2) is 18.3 Å². The molecule has 4 rings (SSSR count). The summed E-state index contributed by atoms with van der Waals surface area (Å²) >= 11 is 0. The second kappa shape index (κ2) is 11.2. The second-order valence-electron chi connectivity index (χ2n) is 8.73. The standard InChI is InChI=1S/C24H28N2O10/c27-6-5-16-21(31)23(33)19(29)14(35-16)3-1-11-7-12(18-13(8-11)9-25-26-18)2-4-15-20(30)24(34)22(32)17(10-28)36-15/h7-9,14-17,19-24,27-34H,5-6,10H2,(H,25,26)/t14-,15-,16-,17-,19-,20-,21-,22-,23-,24-/m1/s1. The van der Waals surface area contributed by atoms with E-state index in [2.05, 4.69) is 33.9 Å². The molecule has 12 nitrogen and oxygen atoms in total. The first-order valence-corrected chi connectivity index (χ1v) is 11.4. The number of nitrogens with one attached hydrogen (secondary N) is 1. The van der Waals surface area contributed by atoms with Gasteiger partial charge in [0.15, 0.2) is 0 Å². The number of aromatic nitrogens is 2. The SMILES string of the molecule is OCC[C@H]1O[C@H](C#Cc2cc(C#C[C@H]3O[C@H](CO)[C@@H](O)[C@H](O)[C@@H]3O)c3[nH]ncc3c2)[C@@H](O)[C@@H](O)[C@@H]1O. The minimum atomic E-state index is -1.55. The topological polar surface area (TPSA) is 209 Å². The van der Waals surface area contributed by atoms with Crippen LogP contribution in [-0.4, -0.2) is 125 Å². The van der Waals surface area contributed by atoms with Crippen LogP contribution in [0.2, 0.25) is 0 Å². The van der Waals surface area contributed by atoms with E-state index in [1.807, 2.05) is 0 Å². The molecular formula is C24H28N2O10. The average Bonchev–Trinajstić information content (AvgIpc) is 3.35. The zero-order valence-corrected chi connectivity index (χ0v) is 19.0. The van der Waals surface area contributed by atoms with Crippen molar-refractivity contribution in [2.45, 2.75) is 67.5 Å². The zero-order chi connectivity index (χ0) is 26.0. The predicted molar refractivity (Wildman–Crippen MR) is 122 cm³/mol. The maximum Gasteiger partial charge on any atom is 0.147 e. The molecule has 2 aliphatic heterocycles. The van der Waals surface area contributed by atoms with Gasteiger partial charge in [0.2, 0.25) is 0 Å². The Kier molecular flexibility index (Phi) is 8.24. The summed E-state index contributed by atoms with van der Waals surface area (Å²) in [6.45, 7) is -0.850. The molecule has 3 heterocycles. The molecule has 2 aromatic rings. The van der Waals surface area contributed by atoms with Crippen LogP contribution in [0.3, 0.4) is 0 Å². The second-order valence-corrected chi connectivity index (χ2v) is 8.73. The van der Waals surface area contributed by atoms with Crippen LogP contribution in [0.4, 0.5) is 0 Å². The van der Waals surface area contributed by atoms with Crippen molar-refractivity contribution in [2.24, 2.45) is 0 Å². The van der Waals surface area contributed by atoms with Gasteiger partial charge < -0.3 is 50.3 Å². The predicted octanol–water partition coefficient (Wildman–Crippen LogP) is -3.66. The van der Waals surface area contributed by atoms with Crippen molar-refractivity contribution in [3.63, 3.8) is 0 Å². The van der Waals surface area contributed by atoms with E-state index in [1.54, 1.807) is 18.3 Å². The summed E-state index contributed by atoms with van der Waals surface area (Å²) < 4.78 is 11.0. The lowest BCUT2D eigenvalue weighted by Crippen LogP contribution is -2.58. The third-order valence-electron chi connectivity index (χ3n) is 6.27. The lowest BCUT2D eigenvalue weighted by molar-refractivity contribution is -0.214. The van der Waals surface area contributed by atoms with Gasteiger partial charge in [0.1, 0.15) is 54.9 Å². The Morgan fingerprint density at radius 2 is 1.39 bits per heavy atom. The number of fused-ring (bicyclic) bond motifs is 1. The Hall–Kier alpha value is -2.59. The molecule has 1 aromatic carbocycles. The average molecular weight is 504 g/mol. The summed E-state index contributed by atoms with van der Waals surface area (Å²) in [6, 6.07) is 3.31. The van der Waals surface area contributed by atoms with Crippen LogP contribution in [0.5, 0.6) is 0 Å². The summed E-state index contributed by atoms with van der Waals surface area (Å²) in [4.78, 5) is 0. The fourth-order valence-electron chi connectivity index (χ4n) is 4.19. The van der Waals surface area contributed by atoms with Crippen molar-refractivity contribution in [1.29, 1.82) is 0 Å². The Morgan fingerprint density at radius 1 is 0.778 bits per heavy atom. The number of nitrogens with zero attached hydrogens (tertiary/aromatic N) is 1. The molecule has 2 fully saturated rings. The van der Waals surface area contributed by atoms with E-state index in [0.29, 0.717) is 22.0 Å². The van der Waals surface area contributed by atoms with Gasteiger partial charge in [0.05, 0.1) is 30.0 Å². The molecule has 2 aliphatic rings. The van der Waals surface area contributed by atoms with Crippen LogP contribution in [-0.2, 0) is 9.47 Å². The van der Waals surface area contributed by atoms with E-state index < -0.39 is 67.6 Å². The largest absolute Gasteiger partial charge is 0.396 e. The molecule has 0 bridgehead atoms. The Morgan fingerprint density at radius 3 is 2.03 bits per heavy atom. The number of aromatic amines is 1. The molecule has 0 unspecified atom stereocenters. The highest BCUT2D eigenvalue weighted by Crippen LogP contribution is 2.24. The maximum absolute atomic E-state index is 10.3. The smallest absolute Gasteiger partial charge is 0.147 e. The zero-order valence-electron chi connectivity index (χ0n) is 19.0. The molecule has 9 N–H and O–H groups in total. The number of benzene rings is 1.